The molecule has 0 aliphatic carbocycles. The van der Waals surface area contributed by atoms with E-state index in [2.05, 4.69) is 17.6 Å². The van der Waals surface area contributed by atoms with Crippen LogP contribution in [-0.4, -0.2) is 22.7 Å². The van der Waals surface area contributed by atoms with Crippen LogP contribution in [0.15, 0.2) is 18.5 Å². The third-order valence-electron chi connectivity index (χ3n) is 1.66. The van der Waals surface area contributed by atoms with E-state index in [4.69, 9.17) is 4.74 Å². The van der Waals surface area contributed by atoms with Crippen LogP contribution >= 0.6 is 12.6 Å². The highest BCUT2D eigenvalue weighted by molar-refractivity contribution is 7.96. The van der Waals surface area contributed by atoms with E-state index in [1.165, 1.54) is 12.4 Å². The van der Waals surface area contributed by atoms with E-state index < -0.39 is 5.97 Å². The van der Waals surface area contributed by atoms with Gasteiger partial charge in [-0.2, -0.15) is 0 Å². The second kappa shape index (κ2) is 5.50. The average Bonchev–Trinajstić information content (AvgIpc) is 2.17. The van der Waals surface area contributed by atoms with Gasteiger partial charge in [-0.15, -0.1) is 12.6 Å². The van der Waals surface area contributed by atoms with Crippen molar-refractivity contribution in [3.63, 3.8) is 0 Å². The van der Waals surface area contributed by atoms with Crippen LogP contribution in [0, 0.1) is 0 Å². The molecule has 4 nitrogen and oxygen atoms in total. The predicted octanol–water partition coefficient (Wildman–Crippen LogP) is 1.26. The molecule has 80 valence electrons. The highest BCUT2D eigenvalue weighted by Gasteiger charge is 2.08. The molecular formula is C10H11NO3S. The Balaban J connectivity index is 2.82. The highest BCUT2D eigenvalue weighted by atomic mass is 32.1. The minimum absolute atomic E-state index is 0.156. The molecule has 0 aromatic carbocycles. The van der Waals surface area contributed by atoms with Crippen molar-refractivity contribution in [2.75, 3.05) is 6.61 Å². The summed E-state index contributed by atoms with van der Waals surface area (Å²) < 4.78 is 4.80. The Bertz CT molecular complexity index is 379. The fourth-order valence-electron chi connectivity index (χ4n) is 1.08. The molecule has 0 atom stereocenters. The number of aromatic nitrogens is 1. The van der Waals surface area contributed by atoms with Crippen LogP contribution in [0.4, 0.5) is 0 Å². The normalized spacial score (nSPS) is 9.73. The monoisotopic (exact) mass is 225 g/mol. The predicted molar refractivity (Wildman–Crippen MR) is 57.9 cm³/mol. The van der Waals surface area contributed by atoms with Gasteiger partial charge in [-0.05, 0) is 18.6 Å². The van der Waals surface area contributed by atoms with Crippen molar-refractivity contribution < 1.29 is 14.3 Å². The summed E-state index contributed by atoms with van der Waals surface area (Å²) in [6, 6.07) is 1.58. The molecule has 0 amide bonds. The lowest BCUT2D eigenvalue weighted by Crippen LogP contribution is -2.06. The van der Waals surface area contributed by atoms with Gasteiger partial charge in [-0.1, -0.05) is 0 Å². The fraction of sp³-hybridized carbons (Fsp3) is 0.300. The van der Waals surface area contributed by atoms with Gasteiger partial charge in [-0.3, -0.25) is 9.78 Å². The maximum atomic E-state index is 11.3. The van der Waals surface area contributed by atoms with Gasteiger partial charge in [-0.25, -0.2) is 4.79 Å². The Morgan fingerprint density at radius 3 is 2.80 bits per heavy atom. The van der Waals surface area contributed by atoms with E-state index >= 15 is 0 Å². The lowest BCUT2D eigenvalue weighted by molar-refractivity contribution is -0.110. The Labute approximate surface area is 93.1 Å². The van der Waals surface area contributed by atoms with Gasteiger partial charge in [0, 0.05) is 18.8 Å². The lowest BCUT2D eigenvalue weighted by Gasteiger charge is -2.02. The number of hydrogen-bond donors (Lipinski definition) is 1. The largest absolute Gasteiger partial charge is 0.462 e. The molecule has 0 fully saturated rings. The molecular weight excluding hydrogens is 214 g/mol. The summed E-state index contributed by atoms with van der Waals surface area (Å²) in [4.78, 5) is 25.9. The molecule has 0 aliphatic heterocycles. The van der Waals surface area contributed by atoms with Crippen molar-refractivity contribution in [1.29, 1.82) is 0 Å². The summed E-state index contributed by atoms with van der Waals surface area (Å²) in [6.45, 7) is 2.04. The molecule has 5 heteroatoms. The minimum Gasteiger partial charge on any atom is -0.462 e. The Hall–Kier alpha value is -1.36. The molecule has 1 rings (SSSR count). The second-order valence-corrected chi connectivity index (χ2v) is 3.37. The smallest absolute Gasteiger partial charge is 0.339 e. The van der Waals surface area contributed by atoms with Crippen LogP contribution in [0.3, 0.4) is 0 Å². The number of carbonyl (C=O) groups is 2. The van der Waals surface area contributed by atoms with E-state index in [1.807, 2.05) is 0 Å². The van der Waals surface area contributed by atoms with Gasteiger partial charge < -0.3 is 4.74 Å². The van der Waals surface area contributed by atoms with Gasteiger partial charge in [0.2, 0.25) is 0 Å². The van der Waals surface area contributed by atoms with Gasteiger partial charge in [0.15, 0.2) is 5.12 Å². The van der Waals surface area contributed by atoms with Gasteiger partial charge in [0.25, 0.3) is 0 Å². The molecule has 1 aromatic rings. The molecule has 0 saturated heterocycles. The van der Waals surface area contributed by atoms with Crippen LogP contribution in [0.1, 0.15) is 22.8 Å². The number of rotatable bonds is 4. The summed E-state index contributed by atoms with van der Waals surface area (Å²) in [5.74, 6) is -0.432. The Morgan fingerprint density at radius 1 is 1.47 bits per heavy atom. The fourth-order valence-corrected chi connectivity index (χ4v) is 1.27. The van der Waals surface area contributed by atoms with Crippen molar-refractivity contribution in [1.82, 2.24) is 4.98 Å². The van der Waals surface area contributed by atoms with Crippen molar-refractivity contribution in [2.24, 2.45) is 0 Å². The number of thiol groups is 1. The summed E-state index contributed by atoms with van der Waals surface area (Å²) in [5.41, 5.74) is 1.00. The Morgan fingerprint density at radius 2 is 2.20 bits per heavy atom. The van der Waals surface area contributed by atoms with Crippen LogP contribution in [0.5, 0.6) is 0 Å². The third-order valence-corrected chi connectivity index (χ3v) is 1.82. The summed E-state index contributed by atoms with van der Waals surface area (Å²) in [5, 5.41) is -0.266. The van der Waals surface area contributed by atoms with Gasteiger partial charge in [0.1, 0.15) is 0 Å². The van der Waals surface area contributed by atoms with Gasteiger partial charge >= 0.3 is 5.97 Å². The van der Waals surface area contributed by atoms with Crippen molar-refractivity contribution in [2.45, 2.75) is 13.3 Å². The molecule has 0 radical (unpaired) electrons. The molecule has 0 saturated carbocycles. The van der Waals surface area contributed by atoms with Crippen LogP contribution in [0.25, 0.3) is 0 Å². The number of hydrogen-bond acceptors (Lipinski definition) is 4. The molecule has 0 N–H and O–H groups in total. The topological polar surface area (TPSA) is 56.3 Å². The first-order valence-corrected chi connectivity index (χ1v) is 4.91. The molecule has 15 heavy (non-hydrogen) atoms. The van der Waals surface area contributed by atoms with Gasteiger partial charge in [0.05, 0.1) is 12.2 Å². The Kier molecular flexibility index (Phi) is 4.30. The first-order chi connectivity index (χ1) is 7.13. The molecule has 1 heterocycles. The average molecular weight is 225 g/mol. The number of esters is 1. The standard InChI is InChI=1S/C10H11NO3S/c1-2-14-10(13)8-3-7(4-9(12)15)5-11-6-8/h3,5-6H,2,4H2,1H3,(H,12,15). The molecule has 0 bridgehead atoms. The summed E-state index contributed by atoms with van der Waals surface area (Å²) in [7, 11) is 0. The minimum atomic E-state index is -0.432. The summed E-state index contributed by atoms with van der Waals surface area (Å²) in [6.07, 6.45) is 3.09. The molecule has 0 spiro atoms. The maximum Gasteiger partial charge on any atom is 0.339 e. The van der Waals surface area contributed by atoms with E-state index in [-0.39, 0.29) is 11.5 Å². The number of carbonyl (C=O) groups excluding carboxylic acids is 2. The van der Waals surface area contributed by atoms with Crippen LogP contribution in [-0.2, 0) is 16.0 Å². The SMILES string of the molecule is CCOC(=O)c1cncc(CC(=O)S)c1. The molecule has 1 aromatic heterocycles. The van der Waals surface area contributed by atoms with Crippen molar-refractivity contribution in [3.05, 3.63) is 29.6 Å². The zero-order valence-corrected chi connectivity index (χ0v) is 9.16. The van der Waals surface area contributed by atoms with E-state index in [9.17, 15) is 9.59 Å². The van der Waals surface area contributed by atoms with Crippen LogP contribution in [0.2, 0.25) is 0 Å². The zero-order chi connectivity index (χ0) is 11.3. The quantitative estimate of drug-likeness (QED) is 0.619. The molecule has 0 unspecified atom stereocenters. The van der Waals surface area contributed by atoms with E-state index in [0.717, 1.165) is 0 Å². The first kappa shape index (κ1) is 11.7. The lowest BCUT2D eigenvalue weighted by atomic mass is 10.1. The first-order valence-electron chi connectivity index (χ1n) is 4.46. The second-order valence-electron chi connectivity index (χ2n) is 2.87. The molecule has 0 aliphatic rings. The zero-order valence-electron chi connectivity index (χ0n) is 8.27. The number of pyridine rings is 1. The number of nitrogens with zero attached hydrogens (tertiary/aromatic N) is 1. The van der Waals surface area contributed by atoms with Crippen molar-refractivity contribution in [3.8, 4) is 0 Å². The van der Waals surface area contributed by atoms with E-state index in [1.54, 1.807) is 13.0 Å². The summed E-state index contributed by atoms with van der Waals surface area (Å²) >= 11 is 3.65. The highest BCUT2D eigenvalue weighted by Crippen LogP contribution is 2.06. The maximum absolute atomic E-state index is 11.3. The van der Waals surface area contributed by atoms with Crippen LogP contribution < -0.4 is 0 Å². The third kappa shape index (κ3) is 3.71. The number of ether oxygens (including phenoxy) is 1. The van der Waals surface area contributed by atoms with E-state index in [0.29, 0.717) is 17.7 Å². The van der Waals surface area contributed by atoms with Crippen molar-refractivity contribution >= 4 is 23.7 Å².